The lowest BCUT2D eigenvalue weighted by molar-refractivity contribution is 0.343. The number of aromatic nitrogens is 2. The van der Waals surface area contributed by atoms with Gasteiger partial charge in [0.05, 0.1) is 11.0 Å². The minimum absolute atomic E-state index is 0.203. The summed E-state index contributed by atoms with van der Waals surface area (Å²) < 4.78 is 2.26. The van der Waals surface area contributed by atoms with Crippen LogP contribution in [0.3, 0.4) is 0 Å². The number of rotatable bonds is 3. The van der Waals surface area contributed by atoms with Crippen molar-refractivity contribution in [2.75, 3.05) is 5.88 Å². The fourth-order valence-electron chi connectivity index (χ4n) is 2.08. The fourth-order valence-corrected chi connectivity index (χ4v) is 2.41. The second-order valence-electron chi connectivity index (χ2n) is 5.75. The third-order valence-corrected chi connectivity index (χ3v) is 3.16. The molecule has 1 aromatic carbocycles. The minimum atomic E-state index is 0.203. The van der Waals surface area contributed by atoms with Crippen LogP contribution in [0.2, 0.25) is 5.02 Å². The van der Waals surface area contributed by atoms with Crippen molar-refractivity contribution in [3.05, 3.63) is 29.0 Å². The molecule has 0 aliphatic carbocycles. The first-order valence-corrected chi connectivity index (χ1v) is 7.02. The van der Waals surface area contributed by atoms with E-state index in [9.17, 15) is 0 Å². The zero-order chi connectivity index (χ0) is 13.3. The molecule has 1 aromatic heterocycles. The molecule has 2 aromatic rings. The number of imidazole rings is 1. The number of hydrogen-bond donors (Lipinski definition) is 0. The van der Waals surface area contributed by atoms with Crippen LogP contribution >= 0.6 is 23.2 Å². The maximum atomic E-state index is 6.02. The third-order valence-electron chi connectivity index (χ3n) is 2.74. The Bertz CT molecular complexity index is 553. The minimum Gasteiger partial charge on any atom is -0.327 e. The highest BCUT2D eigenvalue weighted by molar-refractivity contribution is 6.31. The molecule has 0 N–H and O–H groups in total. The fraction of sp³-hybridized carbons (Fsp3) is 0.500. The standard InChI is InChI=1S/C14H18Cl2N2/c1-14(2,3)9-18-12-5-4-10(16)8-11(12)17-13(18)6-7-15/h4-5,8H,6-7,9H2,1-3H3. The molecule has 0 saturated carbocycles. The van der Waals surface area contributed by atoms with Gasteiger partial charge in [0, 0.05) is 23.9 Å². The van der Waals surface area contributed by atoms with E-state index in [1.807, 2.05) is 18.2 Å². The lowest BCUT2D eigenvalue weighted by Gasteiger charge is -2.21. The van der Waals surface area contributed by atoms with Gasteiger partial charge in [-0.05, 0) is 23.6 Å². The Hall–Kier alpha value is -0.730. The van der Waals surface area contributed by atoms with E-state index in [1.165, 1.54) is 0 Å². The van der Waals surface area contributed by atoms with Crippen molar-refractivity contribution in [3.63, 3.8) is 0 Å². The maximum Gasteiger partial charge on any atom is 0.111 e. The highest BCUT2D eigenvalue weighted by atomic mass is 35.5. The highest BCUT2D eigenvalue weighted by Crippen LogP contribution is 2.25. The van der Waals surface area contributed by atoms with Crippen LogP contribution in [0, 0.1) is 5.41 Å². The molecule has 0 unspecified atom stereocenters. The van der Waals surface area contributed by atoms with Gasteiger partial charge in [-0.2, -0.15) is 0 Å². The summed E-state index contributed by atoms with van der Waals surface area (Å²) in [4.78, 5) is 4.64. The quantitative estimate of drug-likeness (QED) is 0.758. The van der Waals surface area contributed by atoms with Crippen molar-refractivity contribution in [1.29, 1.82) is 0 Å². The van der Waals surface area contributed by atoms with Crippen LogP contribution in [0.4, 0.5) is 0 Å². The second kappa shape index (κ2) is 5.10. The molecule has 0 bridgehead atoms. The summed E-state index contributed by atoms with van der Waals surface area (Å²) in [5.41, 5.74) is 2.29. The maximum absolute atomic E-state index is 6.02. The Morgan fingerprint density at radius 2 is 2.00 bits per heavy atom. The van der Waals surface area contributed by atoms with Crippen LogP contribution in [-0.4, -0.2) is 15.4 Å². The average Bonchev–Trinajstić information content (AvgIpc) is 2.54. The van der Waals surface area contributed by atoms with E-state index >= 15 is 0 Å². The van der Waals surface area contributed by atoms with Crippen molar-refractivity contribution in [3.8, 4) is 0 Å². The first-order chi connectivity index (χ1) is 8.40. The van der Waals surface area contributed by atoms with Crippen LogP contribution in [0.15, 0.2) is 18.2 Å². The molecular weight excluding hydrogens is 267 g/mol. The Labute approximate surface area is 118 Å². The molecule has 0 aliphatic heterocycles. The van der Waals surface area contributed by atoms with E-state index in [-0.39, 0.29) is 5.41 Å². The molecular formula is C14H18Cl2N2. The van der Waals surface area contributed by atoms with Crippen LogP contribution in [0.25, 0.3) is 11.0 Å². The van der Waals surface area contributed by atoms with Gasteiger partial charge in [-0.25, -0.2) is 4.98 Å². The van der Waals surface area contributed by atoms with E-state index in [4.69, 9.17) is 23.2 Å². The number of alkyl halides is 1. The zero-order valence-corrected chi connectivity index (χ0v) is 12.5. The average molecular weight is 285 g/mol. The van der Waals surface area contributed by atoms with Crippen molar-refractivity contribution in [2.45, 2.75) is 33.7 Å². The van der Waals surface area contributed by atoms with Gasteiger partial charge in [-0.3, -0.25) is 0 Å². The number of benzene rings is 1. The summed E-state index contributed by atoms with van der Waals surface area (Å²) in [6.45, 7) is 7.59. The lowest BCUT2D eigenvalue weighted by Crippen LogP contribution is -2.17. The van der Waals surface area contributed by atoms with Crippen molar-refractivity contribution >= 4 is 34.2 Å². The summed E-state index contributed by atoms with van der Waals surface area (Å²) in [7, 11) is 0. The van der Waals surface area contributed by atoms with Gasteiger partial charge in [0.25, 0.3) is 0 Å². The molecule has 2 nitrogen and oxygen atoms in total. The highest BCUT2D eigenvalue weighted by Gasteiger charge is 2.17. The topological polar surface area (TPSA) is 17.8 Å². The molecule has 2 rings (SSSR count). The van der Waals surface area contributed by atoms with Crippen molar-refractivity contribution < 1.29 is 0 Å². The molecule has 98 valence electrons. The molecule has 0 saturated heterocycles. The Morgan fingerprint density at radius 1 is 1.28 bits per heavy atom. The number of nitrogens with zero attached hydrogens (tertiary/aromatic N) is 2. The normalized spacial score (nSPS) is 12.3. The largest absolute Gasteiger partial charge is 0.327 e. The van der Waals surface area contributed by atoms with E-state index in [1.54, 1.807) is 0 Å². The van der Waals surface area contributed by atoms with Crippen molar-refractivity contribution in [2.24, 2.45) is 5.41 Å². The molecule has 4 heteroatoms. The molecule has 0 radical (unpaired) electrons. The van der Waals surface area contributed by atoms with E-state index < -0.39 is 0 Å². The molecule has 0 spiro atoms. The number of fused-ring (bicyclic) bond motifs is 1. The van der Waals surface area contributed by atoms with Gasteiger partial charge in [0.2, 0.25) is 0 Å². The summed E-state index contributed by atoms with van der Waals surface area (Å²) in [5.74, 6) is 1.62. The first kappa shape index (κ1) is 13.7. The lowest BCUT2D eigenvalue weighted by atomic mass is 9.96. The number of hydrogen-bond acceptors (Lipinski definition) is 1. The Morgan fingerprint density at radius 3 is 2.61 bits per heavy atom. The predicted molar refractivity (Wildman–Crippen MR) is 78.6 cm³/mol. The van der Waals surface area contributed by atoms with Gasteiger partial charge >= 0.3 is 0 Å². The van der Waals surface area contributed by atoms with Crippen LogP contribution in [0.5, 0.6) is 0 Å². The second-order valence-corrected chi connectivity index (χ2v) is 6.56. The smallest absolute Gasteiger partial charge is 0.111 e. The molecule has 1 heterocycles. The van der Waals surface area contributed by atoms with Crippen LogP contribution in [-0.2, 0) is 13.0 Å². The van der Waals surface area contributed by atoms with Gasteiger partial charge in [-0.1, -0.05) is 32.4 Å². The van der Waals surface area contributed by atoms with E-state index in [0.717, 1.165) is 34.8 Å². The first-order valence-electron chi connectivity index (χ1n) is 6.11. The molecule has 0 aliphatic rings. The van der Waals surface area contributed by atoms with Gasteiger partial charge in [0.1, 0.15) is 5.82 Å². The Kier molecular flexibility index (Phi) is 3.88. The van der Waals surface area contributed by atoms with Crippen LogP contribution < -0.4 is 0 Å². The molecule has 0 atom stereocenters. The summed E-state index contributed by atoms with van der Waals surface area (Å²) in [6.07, 6.45) is 0.782. The molecule has 0 amide bonds. The summed E-state index contributed by atoms with van der Waals surface area (Å²) >= 11 is 11.9. The predicted octanol–water partition coefficient (Wildman–Crippen LogP) is 4.52. The van der Waals surface area contributed by atoms with Crippen molar-refractivity contribution in [1.82, 2.24) is 9.55 Å². The van der Waals surface area contributed by atoms with Gasteiger partial charge < -0.3 is 4.57 Å². The zero-order valence-electron chi connectivity index (χ0n) is 11.0. The number of aryl methyl sites for hydroxylation is 1. The summed E-state index contributed by atoms with van der Waals surface area (Å²) in [5, 5.41) is 0.723. The van der Waals surface area contributed by atoms with E-state index in [0.29, 0.717) is 5.88 Å². The number of halogens is 2. The third kappa shape index (κ3) is 2.99. The Balaban J connectivity index is 2.55. The summed E-state index contributed by atoms with van der Waals surface area (Å²) in [6, 6.07) is 5.86. The SMILES string of the molecule is CC(C)(C)Cn1c(CCCl)nc2cc(Cl)ccc21. The molecule has 0 fully saturated rings. The van der Waals surface area contributed by atoms with Gasteiger partial charge in [-0.15, -0.1) is 11.6 Å². The van der Waals surface area contributed by atoms with E-state index in [2.05, 4.69) is 30.3 Å². The van der Waals surface area contributed by atoms with Gasteiger partial charge in [0.15, 0.2) is 0 Å². The monoisotopic (exact) mass is 284 g/mol. The molecule has 18 heavy (non-hydrogen) atoms. The van der Waals surface area contributed by atoms with Crippen LogP contribution in [0.1, 0.15) is 26.6 Å².